The van der Waals surface area contributed by atoms with E-state index in [2.05, 4.69) is 5.43 Å². The predicted octanol–water partition coefficient (Wildman–Crippen LogP) is 4.23. The molecule has 2 rings (SSSR count). The van der Waals surface area contributed by atoms with Crippen LogP contribution in [0.1, 0.15) is 11.6 Å². The van der Waals surface area contributed by atoms with Crippen molar-refractivity contribution in [2.75, 3.05) is 6.61 Å². The van der Waals surface area contributed by atoms with E-state index in [1.807, 2.05) is 12.1 Å². The van der Waals surface area contributed by atoms with Crippen molar-refractivity contribution in [3.63, 3.8) is 0 Å². The van der Waals surface area contributed by atoms with Gasteiger partial charge in [-0.2, -0.15) is 0 Å². The molecule has 1 unspecified atom stereocenters. The zero-order valence-corrected chi connectivity index (χ0v) is 12.7. The SMILES string of the molecule is NNC(COc1cccc(Cl)c1)c1cc(Cl)ccc1Cl. The van der Waals surface area contributed by atoms with Crippen LogP contribution < -0.4 is 16.0 Å². The van der Waals surface area contributed by atoms with Gasteiger partial charge in [0.1, 0.15) is 12.4 Å². The molecule has 0 aliphatic carbocycles. The van der Waals surface area contributed by atoms with E-state index in [4.69, 9.17) is 45.4 Å². The lowest BCUT2D eigenvalue weighted by Crippen LogP contribution is -2.32. The molecule has 6 heteroatoms. The maximum atomic E-state index is 6.15. The average Bonchev–Trinajstić information content (AvgIpc) is 2.43. The minimum absolute atomic E-state index is 0.278. The summed E-state index contributed by atoms with van der Waals surface area (Å²) in [7, 11) is 0. The molecule has 0 aliphatic heterocycles. The lowest BCUT2D eigenvalue weighted by atomic mass is 10.1. The fourth-order valence-electron chi connectivity index (χ4n) is 1.75. The first-order valence-electron chi connectivity index (χ1n) is 5.89. The van der Waals surface area contributed by atoms with E-state index in [0.29, 0.717) is 27.4 Å². The summed E-state index contributed by atoms with van der Waals surface area (Å²) in [6, 6.07) is 12.1. The van der Waals surface area contributed by atoms with Gasteiger partial charge in [-0.25, -0.2) is 5.43 Å². The summed E-state index contributed by atoms with van der Waals surface area (Å²) in [5.74, 6) is 6.22. The van der Waals surface area contributed by atoms with Gasteiger partial charge in [-0.1, -0.05) is 40.9 Å². The van der Waals surface area contributed by atoms with Crippen LogP contribution in [-0.4, -0.2) is 6.61 Å². The van der Waals surface area contributed by atoms with Gasteiger partial charge in [0.15, 0.2) is 0 Å². The number of hydrazine groups is 1. The molecule has 0 saturated heterocycles. The van der Waals surface area contributed by atoms with Crippen LogP contribution in [0.3, 0.4) is 0 Å². The molecular weight excluding hydrogens is 319 g/mol. The highest BCUT2D eigenvalue weighted by atomic mass is 35.5. The summed E-state index contributed by atoms with van der Waals surface area (Å²) in [4.78, 5) is 0. The number of hydrogen-bond acceptors (Lipinski definition) is 3. The van der Waals surface area contributed by atoms with Crippen LogP contribution in [0.25, 0.3) is 0 Å². The van der Waals surface area contributed by atoms with Crippen LogP contribution in [0.15, 0.2) is 42.5 Å². The van der Waals surface area contributed by atoms with Gasteiger partial charge >= 0.3 is 0 Å². The average molecular weight is 332 g/mol. The summed E-state index contributed by atoms with van der Waals surface area (Å²) in [6.45, 7) is 0.302. The van der Waals surface area contributed by atoms with E-state index >= 15 is 0 Å². The second-order valence-corrected chi connectivity index (χ2v) is 5.43. The molecule has 1 atom stereocenters. The number of nitrogens with one attached hydrogen (secondary N) is 1. The molecule has 0 aliphatic rings. The fraction of sp³-hybridized carbons (Fsp3) is 0.143. The van der Waals surface area contributed by atoms with Crippen LogP contribution in [0.5, 0.6) is 5.75 Å². The molecule has 0 aromatic heterocycles. The van der Waals surface area contributed by atoms with Crippen LogP contribution in [0.4, 0.5) is 0 Å². The van der Waals surface area contributed by atoms with Crippen molar-refractivity contribution in [1.82, 2.24) is 5.43 Å². The lowest BCUT2D eigenvalue weighted by Gasteiger charge is -2.18. The van der Waals surface area contributed by atoms with Gasteiger partial charge in [0.25, 0.3) is 0 Å². The van der Waals surface area contributed by atoms with Crippen molar-refractivity contribution in [2.24, 2.45) is 5.84 Å². The fourth-order valence-corrected chi connectivity index (χ4v) is 2.36. The molecule has 0 radical (unpaired) electrons. The predicted molar refractivity (Wildman–Crippen MR) is 83.5 cm³/mol. The van der Waals surface area contributed by atoms with Gasteiger partial charge in [-0.05, 0) is 42.0 Å². The minimum atomic E-state index is -0.278. The zero-order valence-electron chi connectivity index (χ0n) is 10.4. The maximum Gasteiger partial charge on any atom is 0.120 e. The van der Waals surface area contributed by atoms with Crippen LogP contribution in [0.2, 0.25) is 15.1 Å². The lowest BCUT2D eigenvalue weighted by molar-refractivity contribution is 0.267. The van der Waals surface area contributed by atoms with Gasteiger partial charge in [-0.3, -0.25) is 5.84 Å². The molecule has 0 saturated carbocycles. The summed E-state index contributed by atoms with van der Waals surface area (Å²) in [5, 5.41) is 1.78. The molecule has 2 aromatic rings. The summed E-state index contributed by atoms with van der Waals surface area (Å²) < 4.78 is 5.66. The number of rotatable bonds is 5. The molecule has 0 fully saturated rings. The Morgan fingerprint density at radius 3 is 2.50 bits per heavy atom. The standard InChI is InChI=1S/C14H13Cl3N2O/c15-9-2-1-3-11(6-9)20-8-14(19-18)12-7-10(16)4-5-13(12)17/h1-7,14,19H,8,18H2. The third-order valence-corrected chi connectivity index (χ3v) is 3.56. The highest BCUT2D eigenvalue weighted by Gasteiger charge is 2.15. The molecule has 0 spiro atoms. The Hall–Kier alpha value is -0.970. The van der Waals surface area contributed by atoms with E-state index in [9.17, 15) is 0 Å². The van der Waals surface area contributed by atoms with E-state index in [1.165, 1.54) is 0 Å². The maximum absolute atomic E-state index is 6.15. The van der Waals surface area contributed by atoms with Gasteiger partial charge in [-0.15, -0.1) is 0 Å². The smallest absolute Gasteiger partial charge is 0.120 e. The van der Waals surface area contributed by atoms with Gasteiger partial charge in [0, 0.05) is 15.1 Å². The largest absolute Gasteiger partial charge is 0.492 e. The van der Waals surface area contributed by atoms with Crippen LogP contribution in [-0.2, 0) is 0 Å². The number of benzene rings is 2. The molecule has 3 nitrogen and oxygen atoms in total. The molecule has 0 amide bonds. The molecule has 106 valence electrons. The van der Waals surface area contributed by atoms with Gasteiger partial charge in [0.05, 0.1) is 6.04 Å². The van der Waals surface area contributed by atoms with E-state index < -0.39 is 0 Å². The highest BCUT2D eigenvalue weighted by Crippen LogP contribution is 2.27. The summed E-state index contributed by atoms with van der Waals surface area (Å²) in [5.41, 5.74) is 3.45. The molecular formula is C14H13Cl3N2O. The third-order valence-electron chi connectivity index (χ3n) is 2.75. The van der Waals surface area contributed by atoms with E-state index in [1.54, 1.807) is 30.3 Å². The minimum Gasteiger partial charge on any atom is -0.492 e. The number of nitrogens with two attached hydrogens (primary N) is 1. The number of hydrogen-bond donors (Lipinski definition) is 2. The Morgan fingerprint density at radius 2 is 1.80 bits per heavy atom. The summed E-state index contributed by atoms with van der Waals surface area (Å²) >= 11 is 18.0. The molecule has 20 heavy (non-hydrogen) atoms. The van der Waals surface area contributed by atoms with Crippen molar-refractivity contribution in [1.29, 1.82) is 0 Å². The molecule has 2 aromatic carbocycles. The van der Waals surface area contributed by atoms with E-state index in [-0.39, 0.29) is 6.04 Å². The Balaban J connectivity index is 2.11. The van der Waals surface area contributed by atoms with Crippen molar-refractivity contribution < 1.29 is 4.74 Å². The first-order valence-corrected chi connectivity index (χ1v) is 7.03. The second kappa shape index (κ2) is 7.16. The van der Waals surface area contributed by atoms with Crippen molar-refractivity contribution in [3.8, 4) is 5.75 Å². The van der Waals surface area contributed by atoms with Crippen molar-refractivity contribution in [3.05, 3.63) is 63.1 Å². The van der Waals surface area contributed by atoms with Crippen LogP contribution in [0, 0.1) is 0 Å². The molecule has 0 heterocycles. The number of halogens is 3. The Labute approximate surface area is 132 Å². The highest BCUT2D eigenvalue weighted by molar-refractivity contribution is 6.33. The quantitative estimate of drug-likeness (QED) is 0.636. The van der Waals surface area contributed by atoms with Crippen molar-refractivity contribution in [2.45, 2.75) is 6.04 Å². The topological polar surface area (TPSA) is 47.3 Å². The third kappa shape index (κ3) is 4.01. The van der Waals surface area contributed by atoms with Crippen LogP contribution >= 0.6 is 34.8 Å². The Morgan fingerprint density at radius 1 is 1.05 bits per heavy atom. The number of ether oxygens (including phenoxy) is 1. The monoisotopic (exact) mass is 330 g/mol. The van der Waals surface area contributed by atoms with Crippen molar-refractivity contribution >= 4 is 34.8 Å². The summed E-state index contributed by atoms with van der Waals surface area (Å²) in [6.07, 6.45) is 0. The van der Waals surface area contributed by atoms with Gasteiger partial charge in [0.2, 0.25) is 0 Å². The first-order chi connectivity index (χ1) is 9.60. The second-order valence-electron chi connectivity index (χ2n) is 4.15. The molecule has 3 N–H and O–H groups in total. The normalized spacial score (nSPS) is 12.2. The van der Waals surface area contributed by atoms with E-state index in [0.717, 1.165) is 5.56 Å². The first kappa shape index (κ1) is 15.4. The zero-order chi connectivity index (χ0) is 14.5. The molecule has 0 bridgehead atoms. The van der Waals surface area contributed by atoms with Gasteiger partial charge < -0.3 is 4.74 Å². The Kier molecular flexibility index (Phi) is 5.52. The Bertz CT molecular complexity index is 592.